The van der Waals surface area contributed by atoms with Crippen LogP contribution in [0.2, 0.25) is 0 Å². The van der Waals surface area contributed by atoms with Crippen LogP contribution in [0.4, 0.5) is 0 Å². The first kappa shape index (κ1) is 12.2. The van der Waals surface area contributed by atoms with Crippen molar-refractivity contribution >= 4 is 0 Å². The normalized spacial score (nSPS) is 9.33. The lowest BCUT2D eigenvalue weighted by molar-refractivity contribution is 0.0333. The van der Waals surface area contributed by atoms with Crippen LogP contribution in [0.15, 0.2) is 60.7 Å². The van der Waals surface area contributed by atoms with E-state index in [1.165, 1.54) is 0 Å². The summed E-state index contributed by atoms with van der Waals surface area (Å²) < 4.78 is 10.6. The molecule has 0 aliphatic heterocycles. The highest BCUT2D eigenvalue weighted by atomic mass is 16.7. The summed E-state index contributed by atoms with van der Waals surface area (Å²) in [6, 6.07) is 19.4. The second-order valence-corrected chi connectivity index (χ2v) is 3.59. The molecule has 0 bridgehead atoms. The van der Waals surface area contributed by atoms with E-state index >= 15 is 0 Å². The molecule has 0 heterocycles. The fourth-order valence-corrected chi connectivity index (χ4v) is 1.38. The van der Waals surface area contributed by atoms with Crippen molar-refractivity contribution in [1.29, 1.82) is 0 Å². The Morgan fingerprint density at radius 1 is 0.833 bits per heavy atom. The van der Waals surface area contributed by atoms with E-state index in [1.54, 1.807) is 0 Å². The van der Waals surface area contributed by atoms with Gasteiger partial charge < -0.3 is 9.47 Å². The second-order valence-electron chi connectivity index (χ2n) is 3.59. The monoisotopic (exact) mass is 238 g/mol. The van der Waals surface area contributed by atoms with Crippen molar-refractivity contribution in [1.82, 2.24) is 0 Å². The molecule has 0 aromatic heterocycles. The molecular formula is C16H14O2. The molecule has 0 radical (unpaired) electrons. The summed E-state index contributed by atoms with van der Waals surface area (Å²) in [4.78, 5) is 0. The lowest BCUT2D eigenvalue weighted by Crippen LogP contribution is -2.02. The van der Waals surface area contributed by atoms with Gasteiger partial charge in [0, 0.05) is 5.56 Å². The van der Waals surface area contributed by atoms with Crippen LogP contribution in [0.25, 0.3) is 0 Å². The summed E-state index contributed by atoms with van der Waals surface area (Å²) in [6.07, 6.45) is 0. The van der Waals surface area contributed by atoms with Crippen LogP contribution >= 0.6 is 0 Å². The highest BCUT2D eigenvalue weighted by Gasteiger charge is 1.89. The standard InChI is InChI=1S/C16H14O2/c1-3-8-15(9-4-1)10-7-13-17-14-18-16-11-5-2-6-12-16/h1-6,8-9,11-12H,13-14H2. The maximum atomic E-state index is 5.37. The Labute approximate surface area is 107 Å². The van der Waals surface area contributed by atoms with Gasteiger partial charge in [0.25, 0.3) is 0 Å². The minimum atomic E-state index is 0.216. The van der Waals surface area contributed by atoms with Crippen molar-refractivity contribution in [2.75, 3.05) is 13.4 Å². The summed E-state index contributed by atoms with van der Waals surface area (Å²) in [5.41, 5.74) is 0.991. The van der Waals surface area contributed by atoms with E-state index in [4.69, 9.17) is 9.47 Å². The van der Waals surface area contributed by atoms with Crippen molar-refractivity contribution in [3.05, 3.63) is 66.2 Å². The summed E-state index contributed by atoms with van der Waals surface area (Å²) in [7, 11) is 0. The molecule has 0 amide bonds. The molecule has 0 unspecified atom stereocenters. The summed E-state index contributed by atoms with van der Waals surface area (Å²) >= 11 is 0. The van der Waals surface area contributed by atoms with Crippen molar-refractivity contribution in [3.63, 3.8) is 0 Å². The maximum absolute atomic E-state index is 5.37. The number of ether oxygens (including phenoxy) is 2. The molecule has 2 nitrogen and oxygen atoms in total. The molecule has 0 aliphatic rings. The van der Waals surface area contributed by atoms with Crippen LogP contribution in [0.1, 0.15) is 5.56 Å². The predicted molar refractivity (Wildman–Crippen MR) is 71.2 cm³/mol. The van der Waals surface area contributed by atoms with Gasteiger partial charge in [-0.05, 0) is 24.3 Å². The SMILES string of the molecule is C(#Cc1ccccc1)COCOc1ccccc1. The number of rotatable bonds is 4. The van der Waals surface area contributed by atoms with Crippen LogP contribution < -0.4 is 4.74 Å². The van der Waals surface area contributed by atoms with E-state index in [1.807, 2.05) is 60.7 Å². The number of para-hydroxylation sites is 1. The first-order valence-corrected chi connectivity index (χ1v) is 5.75. The van der Waals surface area contributed by atoms with Gasteiger partial charge in [0.2, 0.25) is 0 Å². The quantitative estimate of drug-likeness (QED) is 0.463. The van der Waals surface area contributed by atoms with Gasteiger partial charge >= 0.3 is 0 Å². The van der Waals surface area contributed by atoms with E-state index in [0.717, 1.165) is 11.3 Å². The van der Waals surface area contributed by atoms with Crippen molar-refractivity contribution in [2.24, 2.45) is 0 Å². The van der Waals surface area contributed by atoms with Crippen molar-refractivity contribution in [3.8, 4) is 17.6 Å². The average Bonchev–Trinajstić information content (AvgIpc) is 2.45. The molecule has 2 rings (SSSR count). The third-order valence-corrected chi connectivity index (χ3v) is 2.23. The van der Waals surface area contributed by atoms with E-state index in [-0.39, 0.29) is 6.79 Å². The third kappa shape index (κ3) is 4.32. The molecule has 0 aliphatic carbocycles. The Balaban J connectivity index is 1.67. The highest BCUT2D eigenvalue weighted by Crippen LogP contribution is 2.07. The molecule has 0 saturated heterocycles. The van der Waals surface area contributed by atoms with Crippen LogP contribution in [0.5, 0.6) is 5.75 Å². The fourth-order valence-electron chi connectivity index (χ4n) is 1.38. The van der Waals surface area contributed by atoms with E-state index in [2.05, 4.69) is 11.8 Å². The molecule has 0 saturated carbocycles. The van der Waals surface area contributed by atoms with E-state index in [0.29, 0.717) is 6.61 Å². The molecule has 0 N–H and O–H groups in total. The lowest BCUT2D eigenvalue weighted by Gasteiger charge is -2.03. The Morgan fingerprint density at radius 3 is 2.22 bits per heavy atom. The molecule has 0 fully saturated rings. The van der Waals surface area contributed by atoms with E-state index in [9.17, 15) is 0 Å². The number of benzene rings is 2. The van der Waals surface area contributed by atoms with Crippen LogP contribution in [-0.2, 0) is 4.74 Å². The molecule has 18 heavy (non-hydrogen) atoms. The molecule has 2 aromatic rings. The predicted octanol–water partition coefficient (Wildman–Crippen LogP) is 3.09. The van der Waals surface area contributed by atoms with Gasteiger partial charge in [0.05, 0.1) is 0 Å². The smallest absolute Gasteiger partial charge is 0.190 e. The third-order valence-electron chi connectivity index (χ3n) is 2.23. The Kier molecular flexibility index (Phi) is 4.86. The van der Waals surface area contributed by atoms with Gasteiger partial charge in [0.1, 0.15) is 12.4 Å². The topological polar surface area (TPSA) is 18.5 Å². The Morgan fingerprint density at radius 2 is 1.50 bits per heavy atom. The zero-order valence-corrected chi connectivity index (χ0v) is 10.0. The highest BCUT2D eigenvalue weighted by molar-refractivity contribution is 5.33. The summed E-state index contributed by atoms with van der Waals surface area (Å²) in [5, 5.41) is 0. The largest absolute Gasteiger partial charge is 0.468 e. The minimum absolute atomic E-state index is 0.216. The van der Waals surface area contributed by atoms with Gasteiger partial charge in [-0.1, -0.05) is 48.2 Å². The molecule has 0 spiro atoms. The molecule has 2 aromatic carbocycles. The zero-order chi connectivity index (χ0) is 12.5. The van der Waals surface area contributed by atoms with E-state index < -0.39 is 0 Å². The minimum Gasteiger partial charge on any atom is -0.468 e. The summed E-state index contributed by atoms with van der Waals surface area (Å²) in [5.74, 6) is 6.75. The first-order chi connectivity index (χ1) is 8.95. The number of hydrogen-bond acceptors (Lipinski definition) is 2. The van der Waals surface area contributed by atoms with Gasteiger partial charge in [-0.2, -0.15) is 0 Å². The molecule has 90 valence electrons. The zero-order valence-electron chi connectivity index (χ0n) is 10.0. The second kappa shape index (κ2) is 7.16. The Hall–Kier alpha value is -2.24. The molecular weight excluding hydrogens is 224 g/mol. The number of hydrogen-bond donors (Lipinski definition) is 0. The molecule has 2 heteroatoms. The van der Waals surface area contributed by atoms with Gasteiger partial charge in [-0.25, -0.2) is 0 Å². The first-order valence-electron chi connectivity index (χ1n) is 5.75. The van der Waals surface area contributed by atoms with Crippen LogP contribution in [-0.4, -0.2) is 13.4 Å². The molecule has 0 atom stereocenters. The van der Waals surface area contributed by atoms with Gasteiger partial charge in [-0.3, -0.25) is 0 Å². The van der Waals surface area contributed by atoms with Crippen LogP contribution in [0.3, 0.4) is 0 Å². The fraction of sp³-hybridized carbons (Fsp3) is 0.125. The van der Waals surface area contributed by atoms with Crippen molar-refractivity contribution < 1.29 is 9.47 Å². The Bertz CT molecular complexity index is 509. The van der Waals surface area contributed by atoms with Gasteiger partial charge in [0.15, 0.2) is 6.79 Å². The lowest BCUT2D eigenvalue weighted by atomic mass is 10.2. The maximum Gasteiger partial charge on any atom is 0.190 e. The average molecular weight is 238 g/mol. The van der Waals surface area contributed by atoms with Crippen LogP contribution in [0, 0.1) is 11.8 Å². The summed E-state index contributed by atoms with van der Waals surface area (Å²) in [6.45, 7) is 0.579. The van der Waals surface area contributed by atoms with Gasteiger partial charge in [-0.15, -0.1) is 0 Å². The van der Waals surface area contributed by atoms with Crippen molar-refractivity contribution in [2.45, 2.75) is 0 Å².